The number of likely N-dealkylation sites (tertiary alicyclic amines) is 1. The number of hydrogen-bond donors (Lipinski definition) is 0. The van der Waals surface area contributed by atoms with E-state index in [1.165, 1.54) is 20.0 Å². The van der Waals surface area contributed by atoms with Crippen molar-refractivity contribution in [3.8, 4) is 0 Å². The monoisotopic (exact) mass is 213 g/mol. The van der Waals surface area contributed by atoms with Gasteiger partial charge in [0, 0.05) is 6.54 Å². The Morgan fingerprint density at radius 1 is 1.60 bits per heavy atom. The molecule has 0 unspecified atom stereocenters. The molecule has 1 aliphatic rings. The van der Waals surface area contributed by atoms with Crippen LogP contribution in [-0.4, -0.2) is 37.1 Å². The third-order valence-corrected chi connectivity index (χ3v) is 3.16. The molecule has 0 saturated carbocycles. The van der Waals surface area contributed by atoms with Gasteiger partial charge in [0.2, 0.25) is 0 Å². The summed E-state index contributed by atoms with van der Waals surface area (Å²) in [5.74, 6) is 0.647. The number of piperidine rings is 1. The number of esters is 1. The minimum atomic E-state index is -0.0639. The second-order valence-corrected chi connectivity index (χ2v) is 4.57. The molecule has 0 bridgehead atoms. The number of carbonyl (C=O) groups excluding carboxylic acids is 1. The standard InChI is InChI=1S/C12H23NO2/c1-4-6-11(12(14)15-3)13-8-5-7-10(2)9-13/h10-11H,4-9H2,1-3H3/t10-,11+/m0/s1. The van der Waals surface area contributed by atoms with Crippen LogP contribution in [0, 0.1) is 5.92 Å². The number of methoxy groups -OCH3 is 1. The molecule has 0 amide bonds. The van der Waals surface area contributed by atoms with E-state index in [-0.39, 0.29) is 12.0 Å². The maximum absolute atomic E-state index is 11.6. The van der Waals surface area contributed by atoms with E-state index in [1.807, 2.05) is 0 Å². The molecule has 0 spiro atoms. The van der Waals surface area contributed by atoms with Crippen molar-refractivity contribution in [3.63, 3.8) is 0 Å². The van der Waals surface area contributed by atoms with Gasteiger partial charge in [-0.3, -0.25) is 9.69 Å². The summed E-state index contributed by atoms with van der Waals surface area (Å²) >= 11 is 0. The van der Waals surface area contributed by atoms with Crippen molar-refractivity contribution in [1.29, 1.82) is 0 Å². The SMILES string of the molecule is CCC[C@H](C(=O)OC)N1CCC[C@H](C)C1. The lowest BCUT2D eigenvalue weighted by atomic mass is 9.97. The Kier molecular flexibility index (Phi) is 5.09. The van der Waals surface area contributed by atoms with Gasteiger partial charge in [0.15, 0.2) is 0 Å². The highest BCUT2D eigenvalue weighted by Gasteiger charge is 2.28. The molecule has 0 N–H and O–H groups in total. The topological polar surface area (TPSA) is 29.5 Å². The van der Waals surface area contributed by atoms with Crippen LogP contribution in [0.25, 0.3) is 0 Å². The fraction of sp³-hybridized carbons (Fsp3) is 0.917. The van der Waals surface area contributed by atoms with Crippen LogP contribution in [0.4, 0.5) is 0 Å². The molecule has 0 radical (unpaired) electrons. The average molecular weight is 213 g/mol. The van der Waals surface area contributed by atoms with Crippen molar-refractivity contribution < 1.29 is 9.53 Å². The van der Waals surface area contributed by atoms with Gasteiger partial charge in [-0.1, -0.05) is 20.3 Å². The van der Waals surface area contributed by atoms with E-state index in [0.717, 1.165) is 25.9 Å². The Morgan fingerprint density at radius 3 is 2.87 bits per heavy atom. The molecule has 3 heteroatoms. The summed E-state index contributed by atoms with van der Waals surface area (Å²) in [5, 5.41) is 0. The van der Waals surface area contributed by atoms with Crippen LogP contribution in [0.5, 0.6) is 0 Å². The van der Waals surface area contributed by atoms with E-state index in [4.69, 9.17) is 4.74 Å². The van der Waals surface area contributed by atoms with Crippen LogP contribution in [0.3, 0.4) is 0 Å². The fourth-order valence-corrected chi connectivity index (χ4v) is 2.37. The summed E-state index contributed by atoms with van der Waals surface area (Å²) in [6.07, 6.45) is 4.44. The normalized spacial score (nSPS) is 24.9. The maximum Gasteiger partial charge on any atom is 0.323 e. The molecule has 0 aromatic rings. The number of nitrogens with zero attached hydrogens (tertiary/aromatic N) is 1. The molecule has 1 saturated heterocycles. The highest BCUT2D eigenvalue weighted by atomic mass is 16.5. The molecule has 0 aromatic carbocycles. The van der Waals surface area contributed by atoms with E-state index < -0.39 is 0 Å². The molecule has 1 fully saturated rings. The predicted molar refractivity (Wildman–Crippen MR) is 60.7 cm³/mol. The summed E-state index contributed by atoms with van der Waals surface area (Å²) in [7, 11) is 1.48. The van der Waals surface area contributed by atoms with Gasteiger partial charge in [-0.05, 0) is 31.7 Å². The first kappa shape index (κ1) is 12.5. The van der Waals surface area contributed by atoms with Crippen LogP contribution >= 0.6 is 0 Å². The number of hydrogen-bond acceptors (Lipinski definition) is 3. The van der Waals surface area contributed by atoms with Crippen molar-refractivity contribution in [2.24, 2.45) is 5.92 Å². The van der Waals surface area contributed by atoms with Crippen molar-refractivity contribution in [1.82, 2.24) is 4.90 Å². The van der Waals surface area contributed by atoms with E-state index in [1.54, 1.807) is 0 Å². The molecule has 15 heavy (non-hydrogen) atoms. The van der Waals surface area contributed by atoms with Crippen LogP contribution in [0.1, 0.15) is 39.5 Å². The third kappa shape index (κ3) is 3.49. The van der Waals surface area contributed by atoms with E-state index in [0.29, 0.717) is 5.92 Å². The lowest BCUT2D eigenvalue weighted by Gasteiger charge is -2.35. The predicted octanol–water partition coefficient (Wildman–Crippen LogP) is 2.06. The van der Waals surface area contributed by atoms with Gasteiger partial charge in [-0.15, -0.1) is 0 Å². The third-order valence-electron chi connectivity index (χ3n) is 3.16. The smallest absolute Gasteiger partial charge is 0.323 e. The van der Waals surface area contributed by atoms with Gasteiger partial charge >= 0.3 is 5.97 Å². The second kappa shape index (κ2) is 6.11. The lowest BCUT2D eigenvalue weighted by molar-refractivity contribution is -0.148. The first-order valence-electron chi connectivity index (χ1n) is 6.01. The molecule has 1 heterocycles. The zero-order valence-electron chi connectivity index (χ0n) is 10.2. The molecule has 1 rings (SSSR count). The molecule has 88 valence electrons. The minimum Gasteiger partial charge on any atom is -0.468 e. The molecule has 3 nitrogen and oxygen atoms in total. The average Bonchev–Trinajstić information content (AvgIpc) is 2.25. The van der Waals surface area contributed by atoms with E-state index in [9.17, 15) is 4.79 Å². The van der Waals surface area contributed by atoms with E-state index in [2.05, 4.69) is 18.7 Å². The van der Waals surface area contributed by atoms with Crippen molar-refractivity contribution >= 4 is 5.97 Å². The highest BCUT2D eigenvalue weighted by Crippen LogP contribution is 2.20. The van der Waals surface area contributed by atoms with Crippen LogP contribution in [0.15, 0.2) is 0 Å². The Morgan fingerprint density at radius 2 is 2.33 bits per heavy atom. The molecule has 2 atom stereocenters. The molecule has 0 aliphatic carbocycles. The first-order valence-corrected chi connectivity index (χ1v) is 6.01. The summed E-state index contributed by atoms with van der Waals surface area (Å²) < 4.78 is 4.87. The summed E-state index contributed by atoms with van der Waals surface area (Å²) in [6.45, 7) is 6.46. The lowest BCUT2D eigenvalue weighted by Crippen LogP contribution is -2.46. The van der Waals surface area contributed by atoms with Crippen LogP contribution < -0.4 is 0 Å². The van der Waals surface area contributed by atoms with Crippen molar-refractivity contribution in [3.05, 3.63) is 0 Å². The zero-order chi connectivity index (χ0) is 11.3. The Labute approximate surface area is 92.8 Å². The van der Waals surface area contributed by atoms with Gasteiger partial charge in [-0.25, -0.2) is 0 Å². The van der Waals surface area contributed by atoms with Gasteiger partial charge in [0.05, 0.1) is 7.11 Å². The molecule has 1 aliphatic heterocycles. The molecular formula is C12H23NO2. The number of carbonyl (C=O) groups is 1. The number of rotatable bonds is 4. The molecule has 0 aromatic heterocycles. The zero-order valence-corrected chi connectivity index (χ0v) is 10.2. The van der Waals surface area contributed by atoms with Crippen LogP contribution in [0.2, 0.25) is 0 Å². The largest absolute Gasteiger partial charge is 0.468 e. The summed E-state index contributed by atoms with van der Waals surface area (Å²) in [4.78, 5) is 13.9. The van der Waals surface area contributed by atoms with Gasteiger partial charge in [0.1, 0.15) is 6.04 Å². The Balaban J connectivity index is 2.57. The maximum atomic E-state index is 11.6. The quantitative estimate of drug-likeness (QED) is 0.669. The second-order valence-electron chi connectivity index (χ2n) is 4.57. The molecular weight excluding hydrogens is 190 g/mol. The Hall–Kier alpha value is -0.570. The minimum absolute atomic E-state index is 0.0113. The van der Waals surface area contributed by atoms with Gasteiger partial charge in [-0.2, -0.15) is 0 Å². The van der Waals surface area contributed by atoms with E-state index >= 15 is 0 Å². The van der Waals surface area contributed by atoms with Crippen LogP contribution in [-0.2, 0) is 9.53 Å². The first-order chi connectivity index (χ1) is 7.19. The van der Waals surface area contributed by atoms with Crippen molar-refractivity contribution in [2.75, 3.05) is 20.2 Å². The fourth-order valence-electron chi connectivity index (χ4n) is 2.37. The van der Waals surface area contributed by atoms with Gasteiger partial charge in [0.25, 0.3) is 0 Å². The van der Waals surface area contributed by atoms with Gasteiger partial charge < -0.3 is 4.74 Å². The van der Waals surface area contributed by atoms with Crippen molar-refractivity contribution in [2.45, 2.75) is 45.6 Å². The number of ether oxygens (including phenoxy) is 1. The summed E-state index contributed by atoms with van der Waals surface area (Å²) in [6, 6.07) is -0.0113. The Bertz CT molecular complexity index is 206. The summed E-state index contributed by atoms with van der Waals surface area (Å²) in [5.41, 5.74) is 0. The highest BCUT2D eigenvalue weighted by molar-refractivity contribution is 5.75.